The van der Waals surface area contributed by atoms with E-state index in [9.17, 15) is 9.18 Å². The first-order valence-corrected chi connectivity index (χ1v) is 11.3. The lowest BCUT2D eigenvalue weighted by atomic mass is 10.1. The highest BCUT2D eigenvalue weighted by Crippen LogP contribution is 2.22. The highest BCUT2D eigenvalue weighted by molar-refractivity contribution is 9.10. The summed E-state index contributed by atoms with van der Waals surface area (Å²) in [7, 11) is 0. The van der Waals surface area contributed by atoms with E-state index in [4.69, 9.17) is 0 Å². The second-order valence-corrected chi connectivity index (χ2v) is 8.81. The van der Waals surface area contributed by atoms with Gasteiger partial charge in [-0.3, -0.25) is 4.79 Å². The van der Waals surface area contributed by atoms with Crippen LogP contribution in [0.4, 0.5) is 4.39 Å². The van der Waals surface area contributed by atoms with Crippen molar-refractivity contribution in [3.8, 4) is 0 Å². The third-order valence-corrected chi connectivity index (χ3v) is 6.18. The summed E-state index contributed by atoms with van der Waals surface area (Å²) in [4.78, 5) is 25.1. The number of halogens is 2. The van der Waals surface area contributed by atoms with Crippen molar-refractivity contribution in [1.29, 1.82) is 0 Å². The van der Waals surface area contributed by atoms with Gasteiger partial charge in [0.15, 0.2) is 5.16 Å². The van der Waals surface area contributed by atoms with Crippen molar-refractivity contribution in [3.05, 3.63) is 116 Å². The molecule has 0 spiro atoms. The van der Waals surface area contributed by atoms with Crippen molar-refractivity contribution < 1.29 is 4.39 Å². The van der Waals surface area contributed by atoms with Gasteiger partial charge in [0.05, 0.1) is 0 Å². The molecule has 0 unspecified atom stereocenters. The highest BCUT2D eigenvalue weighted by Gasteiger charge is 2.12. The maximum Gasteiger partial charge on any atom is 0.277 e. The van der Waals surface area contributed by atoms with Gasteiger partial charge in [0.25, 0.3) is 5.56 Å². The van der Waals surface area contributed by atoms with E-state index >= 15 is 0 Å². The molecule has 0 aliphatic carbocycles. The first kappa shape index (κ1) is 21.4. The Morgan fingerprint density at radius 3 is 2.32 bits per heavy atom. The maximum atomic E-state index is 13.2. The normalized spacial score (nSPS) is 10.9. The van der Waals surface area contributed by atoms with Crippen molar-refractivity contribution in [1.82, 2.24) is 19.5 Å². The molecule has 0 bridgehead atoms. The molecular formula is C23H18BrFN4OS. The van der Waals surface area contributed by atoms with Gasteiger partial charge >= 0.3 is 0 Å². The Labute approximate surface area is 191 Å². The predicted molar refractivity (Wildman–Crippen MR) is 123 cm³/mol. The number of rotatable bonds is 7. The second kappa shape index (κ2) is 9.98. The molecule has 0 aliphatic heterocycles. The summed E-state index contributed by atoms with van der Waals surface area (Å²) in [5.41, 5.74) is 3.21. The molecule has 0 atom stereocenters. The summed E-state index contributed by atoms with van der Waals surface area (Å²) in [5.74, 6) is 0.312. The number of thioether (sulfide) groups is 1. The van der Waals surface area contributed by atoms with E-state index in [1.807, 2.05) is 35.0 Å². The molecule has 8 heteroatoms. The van der Waals surface area contributed by atoms with Crippen LogP contribution in [0, 0.1) is 5.82 Å². The fourth-order valence-electron chi connectivity index (χ4n) is 3.03. The standard InChI is InChI=1S/C23H18BrFN4OS/c24-20-5-1-16(2-6-20)12-29-13-19(9-18-10-26-15-27-11-18)22(30)28-23(29)31-14-17-3-7-21(25)8-4-17/h1-8,10-11,13,15H,9,12,14H2. The Morgan fingerprint density at radius 1 is 0.935 bits per heavy atom. The summed E-state index contributed by atoms with van der Waals surface area (Å²) in [6.07, 6.45) is 7.13. The summed E-state index contributed by atoms with van der Waals surface area (Å²) >= 11 is 4.91. The van der Waals surface area contributed by atoms with E-state index in [1.165, 1.54) is 30.2 Å². The topological polar surface area (TPSA) is 60.7 Å². The van der Waals surface area contributed by atoms with Crippen LogP contribution in [-0.2, 0) is 18.7 Å². The number of hydrogen-bond donors (Lipinski definition) is 0. The maximum absolute atomic E-state index is 13.2. The SMILES string of the molecule is O=c1nc(SCc2ccc(F)cc2)n(Cc2ccc(Br)cc2)cc1Cc1cncnc1. The third kappa shape index (κ3) is 5.86. The molecule has 0 fully saturated rings. The smallest absolute Gasteiger partial charge is 0.277 e. The molecule has 4 rings (SSSR count). The van der Waals surface area contributed by atoms with Gasteiger partial charge in [-0.1, -0.05) is 52.0 Å². The summed E-state index contributed by atoms with van der Waals surface area (Å²) < 4.78 is 16.2. The van der Waals surface area contributed by atoms with Gasteiger partial charge in [-0.15, -0.1) is 0 Å². The Balaban J connectivity index is 1.64. The van der Waals surface area contributed by atoms with E-state index in [2.05, 4.69) is 30.9 Å². The average molecular weight is 497 g/mol. The molecule has 0 saturated heterocycles. The van der Waals surface area contributed by atoms with Crippen LogP contribution in [0.15, 0.2) is 87.9 Å². The van der Waals surface area contributed by atoms with Gasteiger partial charge in [0.2, 0.25) is 0 Å². The van der Waals surface area contributed by atoms with Crippen LogP contribution in [0.3, 0.4) is 0 Å². The Hall–Kier alpha value is -2.84. The predicted octanol–water partition coefficient (Wildman–Crippen LogP) is 4.87. The number of aromatic nitrogens is 4. The minimum absolute atomic E-state index is 0.266. The average Bonchev–Trinajstić information content (AvgIpc) is 2.78. The monoisotopic (exact) mass is 496 g/mol. The molecule has 2 aromatic heterocycles. The van der Waals surface area contributed by atoms with Crippen LogP contribution >= 0.6 is 27.7 Å². The van der Waals surface area contributed by atoms with Crippen molar-refractivity contribution in [2.75, 3.05) is 0 Å². The lowest BCUT2D eigenvalue weighted by Gasteiger charge is -2.14. The molecule has 0 aliphatic rings. The number of hydrogen-bond acceptors (Lipinski definition) is 5. The molecular weight excluding hydrogens is 479 g/mol. The van der Waals surface area contributed by atoms with Gasteiger partial charge in [-0.05, 0) is 41.0 Å². The van der Waals surface area contributed by atoms with Crippen LogP contribution in [0.25, 0.3) is 0 Å². The van der Waals surface area contributed by atoms with Crippen molar-refractivity contribution in [3.63, 3.8) is 0 Å². The minimum atomic E-state index is -0.270. The zero-order valence-electron chi connectivity index (χ0n) is 16.4. The van der Waals surface area contributed by atoms with Crippen molar-refractivity contribution in [2.45, 2.75) is 23.9 Å². The minimum Gasteiger partial charge on any atom is -0.323 e. The van der Waals surface area contributed by atoms with Gasteiger partial charge in [0, 0.05) is 47.3 Å². The second-order valence-electron chi connectivity index (χ2n) is 6.95. The molecule has 0 N–H and O–H groups in total. The van der Waals surface area contributed by atoms with E-state index in [0.717, 1.165) is 21.2 Å². The van der Waals surface area contributed by atoms with Gasteiger partial charge in [-0.25, -0.2) is 14.4 Å². The zero-order valence-corrected chi connectivity index (χ0v) is 18.8. The van der Waals surface area contributed by atoms with E-state index in [-0.39, 0.29) is 11.4 Å². The van der Waals surface area contributed by atoms with Crippen LogP contribution in [0.2, 0.25) is 0 Å². The third-order valence-electron chi connectivity index (χ3n) is 4.59. The van der Waals surface area contributed by atoms with Gasteiger partial charge in [0.1, 0.15) is 12.1 Å². The summed E-state index contributed by atoms with van der Waals surface area (Å²) in [6.45, 7) is 0.574. The van der Waals surface area contributed by atoms with Crippen LogP contribution < -0.4 is 5.56 Å². The molecule has 2 heterocycles. The first-order chi connectivity index (χ1) is 15.1. The Morgan fingerprint density at radius 2 is 1.61 bits per heavy atom. The molecule has 156 valence electrons. The number of nitrogens with zero attached hydrogens (tertiary/aromatic N) is 4. The molecule has 0 saturated carbocycles. The Bertz CT molecular complexity index is 1220. The first-order valence-electron chi connectivity index (χ1n) is 9.53. The van der Waals surface area contributed by atoms with Crippen molar-refractivity contribution in [2.24, 2.45) is 0 Å². The molecule has 2 aromatic carbocycles. The van der Waals surface area contributed by atoms with E-state index < -0.39 is 0 Å². The molecule has 0 radical (unpaired) electrons. The Kier molecular flexibility index (Phi) is 6.89. The lowest BCUT2D eigenvalue weighted by Crippen LogP contribution is -2.20. The fraction of sp³-hybridized carbons (Fsp3) is 0.130. The van der Waals surface area contributed by atoms with Crippen LogP contribution in [-0.4, -0.2) is 19.5 Å². The van der Waals surface area contributed by atoms with E-state index in [0.29, 0.717) is 29.4 Å². The zero-order chi connectivity index (χ0) is 21.6. The van der Waals surface area contributed by atoms with Crippen molar-refractivity contribution >= 4 is 27.7 Å². The quantitative estimate of drug-likeness (QED) is 0.270. The van der Waals surface area contributed by atoms with Crippen LogP contribution in [0.1, 0.15) is 22.3 Å². The van der Waals surface area contributed by atoms with Gasteiger partial charge in [-0.2, -0.15) is 4.98 Å². The fourth-order valence-corrected chi connectivity index (χ4v) is 4.21. The summed E-state index contributed by atoms with van der Waals surface area (Å²) in [5, 5.41) is 0.616. The van der Waals surface area contributed by atoms with E-state index in [1.54, 1.807) is 24.5 Å². The molecule has 0 amide bonds. The lowest BCUT2D eigenvalue weighted by molar-refractivity contribution is 0.627. The number of benzene rings is 2. The molecule has 4 aromatic rings. The van der Waals surface area contributed by atoms with Crippen LogP contribution in [0.5, 0.6) is 0 Å². The highest BCUT2D eigenvalue weighted by atomic mass is 79.9. The molecule has 31 heavy (non-hydrogen) atoms. The largest absolute Gasteiger partial charge is 0.323 e. The molecule has 5 nitrogen and oxygen atoms in total. The summed E-state index contributed by atoms with van der Waals surface area (Å²) in [6, 6.07) is 14.4. The van der Waals surface area contributed by atoms with Gasteiger partial charge < -0.3 is 4.57 Å².